The number of thioether (sulfide) groups is 1. The molecular formula is C62H79N3O11S. The first-order valence-electron chi connectivity index (χ1n) is 28.2. The number of non-ortho nitro benzene ring substituents is 1. The number of aliphatic hydroxyl groups is 2. The minimum absolute atomic E-state index is 0.0166. The second-order valence-electron chi connectivity index (χ2n) is 20.8. The van der Waals surface area contributed by atoms with Crippen LogP contribution in [-0.2, 0) is 27.5 Å². The normalized spacial score (nSPS) is 21.4. The predicted octanol–water partition coefficient (Wildman–Crippen LogP) is 13.3. The predicted molar refractivity (Wildman–Crippen MR) is 300 cm³/mol. The van der Waals surface area contributed by atoms with Crippen molar-refractivity contribution in [3.63, 3.8) is 0 Å². The summed E-state index contributed by atoms with van der Waals surface area (Å²) < 4.78 is 33.0. The van der Waals surface area contributed by atoms with Crippen LogP contribution in [0.25, 0.3) is 0 Å². The van der Waals surface area contributed by atoms with Gasteiger partial charge in [0.1, 0.15) is 24.1 Å². The van der Waals surface area contributed by atoms with Gasteiger partial charge in [-0.1, -0.05) is 113 Å². The van der Waals surface area contributed by atoms with E-state index in [4.69, 9.17) is 33.7 Å². The zero-order valence-corrected chi connectivity index (χ0v) is 45.7. The second-order valence-corrected chi connectivity index (χ2v) is 21.9. The molecule has 2 heterocycles. The number of allylic oxidation sites excluding steroid dienone is 1. The number of nitrogens with zero attached hydrogens (tertiary/aromatic N) is 3. The zero-order chi connectivity index (χ0) is 53.8. The third-order valence-corrected chi connectivity index (χ3v) is 16.5. The highest BCUT2D eigenvalue weighted by Crippen LogP contribution is 2.62. The van der Waals surface area contributed by atoms with Crippen LogP contribution in [0.5, 0.6) is 23.0 Å². The van der Waals surface area contributed by atoms with Gasteiger partial charge in [0.25, 0.3) is 5.69 Å². The number of carbonyl (C=O) groups is 1. The molecule has 0 saturated heterocycles. The quantitative estimate of drug-likeness (QED) is 0.0152. The molecule has 0 aromatic heterocycles. The minimum Gasteiger partial charge on any atom is -0.493 e. The summed E-state index contributed by atoms with van der Waals surface area (Å²) in [6.45, 7) is 7.52. The molecule has 8 rings (SSSR count). The Bertz CT molecular complexity index is 2590. The molecule has 6 atom stereocenters. The van der Waals surface area contributed by atoms with E-state index in [0.29, 0.717) is 54.4 Å². The van der Waals surface area contributed by atoms with Gasteiger partial charge in [-0.05, 0) is 115 Å². The molecule has 2 aliphatic heterocycles. The molecule has 4 aliphatic rings. The Morgan fingerprint density at radius 2 is 1.57 bits per heavy atom. The molecule has 0 bridgehead atoms. The van der Waals surface area contributed by atoms with E-state index in [2.05, 4.69) is 37.8 Å². The lowest BCUT2D eigenvalue weighted by Gasteiger charge is -2.60. The molecule has 14 nitrogen and oxygen atoms in total. The maximum Gasteiger partial charge on any atom is 0.269 e. The molecule has 2 aliphatic carbocycles. The first kappa shape index (κ1) is 57.3. The number of nitro benzene ring substituents is 1. The molecule has 1 amide bonds. The van der Waals surface area contributed by atoms with Crippen molar-refractivity contribution in [2.75, 3.05) is 39.0 Å². The van der Waals surface area contributed by atoms with E-state index in [1.54, 1.807) is 30.0 Å². The number of ether oxygens (including phenoxy) is 5. The van der Waals surface area contributed by atoms with Crippen molar-refractivity contribution in [3.8, 4) is 23.0 Å². The molecule has 1 fully saturated rings. The van der Waals surface area contributed by atoms with Gasteiger partial charge in [0.05, 0.1) is 29.8 Å². The molecule has 4 aromatic carbocycles. The molecular weight excluding hydrogens is 995 g/mol. The summed E-state index contributed by atoms with van der Waals surface area (Å²) in [6, 6.07) is 27.7. The third kappa shape index (κ3) is 14.8. The van der Waals surface area contributed by atoms with E-state index < -0.39 is 22.7 Å². The summed E-state index contributed by atoms with van der Waals surface area (Å²) in [5.74, 6) is 1.18. The van der Waals surface area contributed by atoms with Crippen molar-refractivity contribution in [1.29, 1.82) is 0 Å². The number of unbranched alkanes of at least 4 members (excludes halogenated alkanes) is 10. The number of hydrogen-bond donors (Lipinski definition) is 2. The Morgan fingerprint density at radius 3 is 2.31 bits per heavy atom. The average molecular weight is 1070 g/mol. The molecule has 4 aromatic rings. The lowest BCUT2D eigenvalue weighted by atomic mass is 9.55. The van der Waals surface area contributed by atoms with Gasteiger partial charge < -0.3 is 43.6 Å². The fourth-order valence-corrected chi connectivity index (χ4v) is 12.6. The lowest BCUT2D eigenvalue weighted by molar-refractivity contribution is -0.384. The monoisotopic (exact) mass is 1070 g/mol. The van der Waals surface area contributed by atoms with E-state index in [9.17, 15) is 20.3 Å². The number of amides is 1. The Morgan fingerprint density at radius 1 is 0.857 bits per heavy atom. The van der Waals surface area contributed by atoms with Crippen LogP contribution in [-0.4, -0.2) is 82.5 Å². The van der Waals surface area contributed by atoms with Crippen LogP contribution in [0, 0.1) is 27.9 Å². The number of oxime groups is 1. The first-order chi connectivity index (χ1) is 37.8. The highest BCUT2D eigenvalue weighted by atomic mass is 32.2. The smallest absolute Gasteiger partial charge is 0.269 e. The van der Waals surface area contributed by atoms with Gasteiger partial charge >= 0.3 is 0 Å². The van der Waals surface area contributed by atoms with Gasteiger partial charge in [-0.2, -0.15) is 0 Å². The summed E-state index contributed by atoms with van der Waals surface area (Å²) in [6.07, 6.45) is 19.1. The van der Waals surface area contributed by atoms with E-state index in [1.807, 2.05) is 53.4 Å². The van der Waals surface area contributed by atoms with Crippen molar-refractivity contribution in [3.05, 3.63) is 142 Å². The fourth-order valence-electron chi connectivity index (χ4n) is 11.8. The van der Waals surface area contributed by atoms with E-state index in [0.717, 1.165) is 79.6 Å². The average Bonchev–Trinajstić information content (AvgIpc) is 4.08. The Balaban J connectivity index is 1.24. The Kier molecular flexibility index (Phi) is 21.7. The number of carbonyl (C=O) groups excluding carboxylic acids is 1. The molecule has 1 saturated carbocycles. The third-order valence-electron chi connectivity index (χ3n) is 15.5. The number of fused-ring (bicyclic) bond motifs is 3. The van der Waals surface area contributed by atoms with Gasteiger partial charge in [0.2, 0.25) is 18.5 Å². The van der Waals surface area contributed by atoms with E-state index in [-0.39, 0.29) is 75.5 Å². The number of nitro groups is 1. The van der Waals surface area contributed by atoms with Gasteiger partial charge in [-0.25, -0.2) is 0 Å². The van der Waals surface area contributed by atoms with Crippen molar-refractivity contribution in [2.45, 2.75) is 152 Å². The first-order valence-corrected chi connectivity index (χ1v) is 29.2. The van der Waals surface area contributed by atoms with Crippen LogP contribution in [0.4, 0.5) is 5.69 Å². The minimum atomic E-state index is -1.46. The number of aliphatic hydroxyl groups excluding tert-OH is 2. The van der Waals surface area contributed by atoms with Crippen LogP contribution in [0.2, 0.25) is 0 Å². The summed E-state index contributed by atoms with van der Waals surface area (Å²) in [7, 11) is 0. The van der Waals surface area contributed by atoms with Gasteiger partial charge in [-0.15, -0.1) is 18.3 Å². The SMILES string of the molecule is C=CCO[C@@]12Oc3ccc(OCCSc4ccccc4)cc3[C@H]3[C@H](CCCCO)[C@@H](CCCCO)C=C(C(=NOCc4ccc([N+](=O)[O-])cc4)C[C@@H]1N(Cc1ccc4c(c1)OCO4)C(=O)CCCCCCCCCCC)[C@H]32. The number of rotatable bonds is 33. The zero-order valence-electron chi connectivity index (χ0n) is 44.9. The summed E-state index contributed by atoms with van der Waals surface area (Å²) >= 11 is 1.74. The van der Waals surface area contributed by atoms with Crippen molar-refractivity contribution < 1.29 is 48.5 Å². The molecule has 0 unspecified atom stereocenters. The Labute approximate surface area is 459 Å². The Hall–Kier alpha value is -5.87. The summed E-state index contributed by atoms with van der Waals surface area (Å²) in [5.41, 5.74) is 4.10. The van der Waals surface area contributed by atoms with Crippen LogP contribution in [0.1, 0.15) is 139 Å². The number of benzene rings is 4. The molecule has 414 valence electrons. The number of hydrogen-bond acceptors (Lipinski definition) is 13. The van der Waals surface area contributed by atoms with Gasteiger partial charge in [0.15, 0.2) is 11.5 Å². The second kappa shape index (κ2) is 29.2. The lowest BCUT2D eigenvalue weighted by Crippen LogP contribution is -2.70. The van der Waals surface area contributed by atoms with Crippen molar-refractivity contribution >= 4 is 29.1 Å². The maximum absolute atomic E-state index is 15.5. The fraction of sp³-hybridized carbons (Fsp3) is 0.516. The highest BCUT2D eigenvalue weighted by Gasteiger charge is 2.65. The molecule has 2 N–H and O–H groups in total. The maximum atomic E-state index is 15.5. The van der Waals surface area contributed by atoms with Gasteiger partial charge in [0, 0.05) is 66.9 Å². The van der Waals surface area contributed by atoms with Crippen molar-refractivity contribution in [1.82, 2.24) is 4.90 Å². The summed E-state index contributed by atoms with van der Waals surface area (Å²) in [4.78, 5) is 36.0. The summed E-state index contributed by atoms with van der Waals surface area (Å²) in [5, 5.41) is 36.8. The van der Waals surface area contributed by atoms with Gasteiger partial charge in [-0.3, -0.25) is 14.9 Å². The molecule has 0 spiro atoms. The molecule has 15 heteroatoms. The van der Waals surface area contributed by atoms with Crippen LogP contribution >= 0.6 is 11.8 Å². The largest absolute Gasteiger partial charge is 0.493 e. The van der Waals surface area contributed by atoms with E-state index in [1.165, 1.54) is 49.1 Å². The molecule has 77 heavy (non-hydrogen) atoms. The van der Waals surface area contributed by atoms with E-state index >= 15 is 4.79 Å². The standard InChI is InChI=1S/C62H79N3O11S/c1-3-5-6-7-8-9-10-11-15-24-59(68)64(42-46-27-31-56-57(38-46)73-44-72-56)58-41-54(63-75-43-45-25-28-48(29-26-45)65(69)70)52-39-47(20-16-18-33-66)51(23-17-19-34-67)60-53-40-49(71-36-37-77-50-21-13-12-14-22-50)30-32-55(53)76-62(58,61(52)60)74-35-4-2/h4,12-14,21-22,25-32,38-40,47,51,58,60-61,66-67H,2-3,5-11,15-20,23-24,33-37,41-44H2,1H3/t47-,51+,58-,60+,61+,62+/m0/s1. The topological polar surface area (TPSA) is 172 Å². The highest BCUT2D eigenvalue weighted by molar-refractivity contribution is 7.99. The van der Waals surface area contributed by atoms with Crippen molar-refractivity contribution in [2.24, 2.45) is 22.9 Å². The van der Waals surface area contributed by atoms with Crippen LogP contribution in [0.15, 0.2) is 125 Å². The van der Waals surface area contributed by atoms with Crippen LogP contribution < -0.4 is 18.9 Å². The van der Waals surface area contributed by atoms with Crippen LogP contribution in [0.3, 0.4) is 0 Å². The molecule has 0 radical (unpaired) electrons.